The standard InChI is InChI=1S/C14H18F6O2.C13H16F6O2.C12H17F3O2/c1-6-7(2)10-4-9(6)5-12(10,14(18,19)20)11(21)22-8(3)13(15,16)17;1-6-7(2)9-3-8(6)4-11(9,13(17,18)19)10(20)21-5-12(14,15)16;1-6-7(2)9-4-8(6)5-11(9,10(16)17-3)12(13,14)15/h6-10H,4-5H2,1-3H3;6-9H,3-5H2,1-2H3;6-9H,4-5H2,1-3H3. The van der Waals surface area contributed by atoms with Gasteiger partial charge in [-0.15, -0.1) is 0 Å². The highest BCUT2D eigenvalue weighted by Crippen LogP contribution is 2.69. The van der Waals surface area contributed by atoms with Gasteiger partial charge in [0.1, 0.15) is 0 Å². The molecule has 6 aliphatic rings. The van der Waals surface area contributed by atoms with Crippen molar-refractivity contribution in [3.05, 3.63) is 0 Å². The maximum Gasteiger partial charge on any atom is 0.425 e. The van der Waals surface area contributed by atoms with Gasteiger partial charge >= 0.3 is 48.8 Å². The van der Waals surface area contributed by atoms with Crippen molar-refractivity contribution >= 4 is 17.9 Å². The molecule has 0 aromatic carbocycles. The molecular weight excluding hydrogens is 849 g/mol. The molecule has 0 radical (unpaired) electrons. The molecule has 6 saturated carbocycles. The molecular formula is C39H51F15O6. The van der Waals surface area contributed by atoms with E-state index in [0.29, 0.717) is 13.3 Å². The number of methoxy groups -OCH3 is 1. The van der Waals surface area contributed by atoms with Gasteiger partial charge in [-0.2, -0.15) is 65.9 Å². The number of rotatable bonds is 5. The third-order valence-corrected chi connectivity index (χ3v) is 15.9. The van der Waals surface area contributed by atoms with Gasteiger partial charge in [-0.25, -0.2) is 0 Å². The van der Waals surface area contributed by atoms with Crippen LogP contribution in [0.3, 0.4) is 0 Å². The van der Waals surface area contributed by atoms with Crippen molar-refractivity contribution < 1.29 is 94.5 Å². The number of hydrogen-bond acceptors (Lipinski definition) is 6. The third-order valence-electron chi connectivity index (χ3n) is 15.9. The Labute approximate surface area is 337 Å². The molecule has 6 fully saturated rings. The van der Waals surface area contributed by atoms with Gasteiger partial charge < -0.3 is 14.2 Å². The van der Waals surface area contributed by atoms with Crippen molar-refractivity contribution in [3.63, 3.8) is 0 Å². The van der Waals surface area contributed by atoms with Crippen LogP contribution in [0.4, 0.5) is 65.9 Å². The van der Waals surface area contributed by atoms with Gasteiger partial charge in [-0.3, -0.25) is 14.4 Å². The first-order chi connectivity index (χ1) is 27.0. The fraction of sp³-hybridized carbons (Fsp3) is 0.923. The van der Waals surface area contributed by atoms with Crippen molar-refractivity contribution in [2.24, 2.45) is 87.3 Å². The largest absolute Gasteiger partial charge is 0.468 e. The second kappa shape index (κ2) is 16.2. The number of carbonyl (C=O) groups is 3. The topological polar surface area (TPSA) is 78.9 Å². The van der Waals surface area contributed by atoms with Crippen LogP contribution in [0.25, 0.3) is 0 Å². The molecule has 348 valence electrons. The van der Waals surface area contributed by atoms with E-state index in [1.54, 1.807) is 13.8 Å². The molecule has 6 aliphatic carbocycles. The molecule has 6 bridgehead atoms. The number of halogens is 15. The highest BCUT2D eigenvalue weighted by Gasteiger charge is 2.76. The fourth-order valence-electron chi connectivity index (χ4n) is 11.9. The molecule has 16 unspecified atom stereocenters. The molecule has 0 N–H and O–H groups in total. The number of fused-ring (bicyclic) bond motifs is 6. The lowest BCUT2D eigenvalue weighted by Gasteiger charge is -2.42. The first kappa shape index (κ1) is 50.0. The van der Waals surface area contributed by atoms with Gasteiger partial charge in [-0.05, 0) is 116 Å². The Morgan fingerprint density at radius 1 is 0.517 bits per heavy atom. The van der Waals surface area contributed by atoms with Crippen LogP contribution in [0, 0.1) is 87.3 Å². The number of ether oxygens (including phenoxy) is 3. The van der Waals surface area contributed by atoms with Crippen molar-refractivity contribution in [2.75, 3.05) is 13.7 Å². The van der Waals surface area contributed by atoms with Crippen molar-refractivity contribution in [2.45, 2.75) is 124 Å². The molecule has 21 heteroatoms. The summed E-state index contributed by atoms with van der Waals surface area (Å²) in [7, 11) is 1.04. The second-order valence-corrected chi connectivity index (χ2v) is 18.3. The minimum Gasteiger partial charge on any atom is -0.468 e. The normalized spacial score (nSPS) is 41.2. The molecule has 0 aliphatic heterocycles. The van der Waals surface area contributed by atoms with Crippen LogP contribution in [-0.4, -0.2) is 68.6 Å². The lowest BCUT2D eigenvalue weighted by atomic mass is 9.65. The van der Waals surface area contributed by atoms with E-state index in [1.165, 1.54) is 0 Å². The van der Waals surface area contributed by atoms with Crippen LogP contribution in [0.5, 0.6) is 0 Å². The molecule has 0 spiro atoms. The first-order valence-corrected chi connectivity index (χ1v) is 19.8. The molecule has 16 atom stereocenters. The summed E-state index contributed by atoms with van der Waals surface area (Å²) in [6, 6.07) is 0. The summed E-state index contributed by atoms with van der Waals surface area (Å²) in [6.07, 6.45) is -26.7. The summed E-state index contributed by atoms with van der Waals surface area (Å²) in [4.78, 5) is 35.6. The maximum atomic E-state index is 13.6. The van der Waals surface area contributed by atoms with Gasteiger partial charge in [0.25, 0.3) is 0 Å². The van der Waals surface area contributed by atoms with Gasteiger partial charge in [0.05, 0.1) is 7.11 Å². The zero-order chi connectivity index (χ0) is 46.3. The van der Waals surface area contributed by atoms with E-state index in [0.717, 1.165) is 7.11 Å². The highest BCUT2D eigenvalue weighted by atomic mass is 19.4. The predicted octanol–water partition coefficient (Wildman–Crippen LogP) is 11.3. The van der Waals surface area contributed by atoms with E-state index >= 15 is 0 Å². The summed E-state index contributed by atoms with van der Waals surface area (Å²) in [5, 5.41) is 0. The zero-order valence-corrected chi connectivity index (χ0v) is 34.1. The molecule has 60 heavy (non-hydrogen) atoms. The summed E-state index contributed by atoms with van der Waals surface area (Å²) < 4.78 is 207. The Bertz CT molecular complexity index is 1580. The summed E-state index contributed by atoms with van der Waals surface area (Å²) in [5.41, 5.74) is -7.84. The van der Waals surface area contributed by atoms with Crippen LogP contribution in [-0.2, 0) is 28.6 Å². The monoisotopic (exact) mass is 900 g/mol. The molecule has 0 aromatic rings. The van der Waals surface area contributed by atoms with E-state index in [1.807, 2.05) is 27.7 Å². The molecule has 0 amide bonds. The number of alkyl halides is 15. The fourth-order valence-corrected chi connectivity index (χ4v) is 11.9. The lowest BCUT2D eigenvalue weighted by molar-refractivity contribution is -0.269. The predicted molar refractivity (Wildman–Crippen MR) is 180 cm³/mol. The zero-order valence-electron chi connectivity index (χ0n) is 34.1. The van der Waals surface area contributed by atoms with Crippen LogP contribution >= 0.6 is 0 Å². The van der Waals surface area contributed by atoms with Crippen molar-refractivity contribution in [1.29, 1.82) is 0 Å². The summed E-state index contributed by atoms with van der Waals surface area (Å²) in [6.45, 7) is 9.23. The Morgan fingerprint density at radius 2 is 0.817 bits per heavy atom. The molecule has 6 nitrogen and oxygen atoms in total. The smallest absolute Gasteiger partial charge is 0.425 e. The Morgan fingerprint density at radius 3 is 1.05 bits per heavy atom. The van der Waals surface area contributed by atoms with Gasteiger partial charge in [-0.1, -0.05) is 41.5 Å². The average molecular weight is 901 g/mol. The maximum absolute atomic E-state index is 13.6. The molecule has 0 heterocycles. The highest BCUT2D eigenvalue weighted by molar-refractivity contribution is 5.80. The van der Waals surface area contributed by atoms with E-state index in [-0.39, 0.29) is 72.5 Å². The Kier molecular flexibility index (Phi) is 13.5. The second-order valence-electron chi connectivity index (χ2n) is 18.3. The molecule has 0 saturated heterocycles. The van der Waals surface area contributed by atoms with Crippen molar-refractivity contribution in [3.8, 4) is 0 Å². The summed E-state index contributed by atoms with van der Waals surface area (Å²) >= 11 is 0. The quantitative estimate of drug-likeness (QED) is 0.155. The van der Waals surface area contributed by atoms with E-state index in [9.17, 15) is 80.2 Å². The number of esters is 3. The summed E-state index contributed by atoms with van der Waals surface area (Å²) in [5.74, 6) is -8.42. The van der Waals surface area contributed by atoms with Crippen LogP contribution in [0.2, 0.25) is 0 Å². The van der Waals surface area contributed by atoms with Crippen LogP contribution in [0.1, 0.15) is 87.0 Å². The van der Waals surface area contributed by atoms with E-state index in [4.69, 9.17) is 0 Å². The van der Waals surface area contributed by atoms with Gasteiger partial charge in [0.2, 0.25) is 0 Å². The van der Waals surface area contributed by atoms with E-state index in [2.05, 4.69) is 14.2 Å². The Hall–Kier alpha value is -2.64. The minimum atomic E-state index is -4.91. The number of hydrogen-bond donors (Lipinski definition) is 0. The van der Waals surface area contributed by atoms with E-state index < -0.39 is 108 Å². The molecule has 0 aromatic heterocycles. The van der Waals surface area contributed by atoms with Gasteiger partial charge in [0, 0.05) is 0 Å². The number of carbonyl (C=O) groups excluding carboxylic acids is 3. The van der Waals surface area contributed by atoms with Crippen LogP contribution in [0.15, 0.2) is 0 Å². The Balaban J connectivity index is 0.000000200. The van der Waals surface area contributed by atoms with Gasteiger partial charge in [0.15, 0.2) is 29.0 Å². The minimum absolute atomic E-state index is 0.00396. The first-order valence-electron chi connectivity index (χ1n) is 19.8. The molecule has 6 rings (SSSR count). The SMILES string of the molecule is CC1C2CC(C1C)C(C(=O)OC(C)C(F)(F)F)(C(F)(F)F)C2.CC1C2CC(C1C)C(C(=O)OCC(F)(F)F)(C(F)(F)F)C2.COC(=O)C1(C(F)(F)F)CC2CC1C(C)C2C. The van der Waals surface area contributed by atoms with Crippen molar-refractivity contribution in [1.82, 2.24) is 0 Å². The third kappa shape index (κ3) is 8.19. The lowest BCUT2D eigenvalue weighted by Crippen LogP contribution is -2.54. The van der Waals surface area contributed by atoms with Crippen LogP contribution < -0.4 is 0 Å². The average Bonchev–Trinajstić information content (AvgIpc) is 3.95.